The van der Waals surface area contributed by atoms with Crippen LogP contribution in [0.25, 0.3) is 5.57 Å². The molecule has 1 aliphatic heterocycles. The van der Waals surface area contributed by atoms with E-state index in [1.165, 1.54) is 23.8 Å². The summed E-state index contributed by atoms with van der Waals surface area (Å²) in [7, 11) is 1.38. The summed E-state index contributed by atoms with van der Waals surface area (Å²) in [6.07, 6.45) is 3.15. The second-order valence-corrected chi connectivity index (χ2v) is 6.92. The highest BCUT2D eigenvalue weighted by atomic mass is 16.5. The van der Waals surface area contributed by atoms with E-state index in [1.54, 1.807) is 0 Å². The van der Waals surface area contributed by atoms with Gasteiger partial charge in [-0.15, -0.1) is 0 Å². The molecule has 1 fully saturated rings. The minimum atomic E-state index is -0.603. The number of carbonyl (C=O) groups is 1. The fourth-order valence-corrected chi connectivity index (χ4v) is 3.62. The van der Waals surface area contributed by atoms with Crippen molar-refractivity contribution in [2.45, 2.75) is 18.9 Å². The Morgan fingerprint density at radius 3 is 2.26 bits per heavy atom. The first-order chi connectivity index (χ1) is 13.2. The summed E-state index contributed by atoms with van der Waals surface area (Å²) >= 11 is 0. The van der Waals surface area contributed by atoms with Gasteiger partial charge in [-0.25, -0.2) is 0 Å². The van der Waals surface area contributed by atoms with Gasteiger partial charge in [-0.1, -0.05) is 66.7 Å². The van der Waals surface area contributed by atoms with Crippen molar-refractivity contribution in [3.05, 3.63) is 77.9 Å². The second-order valence-electron chi connectivity index (χ2n) is 6.92. The SMILES string of the molecule is COC(=O)[C@@H]1CN(CCC=C(c2ccccc2)c2ccccc2)CC[C@@H]1O. The van der Waals surface area contributed by atoms with Crippen molar-refractivity contribution in [2.24, 2.45) is 5.92 Å². The van der Waals surface area contributed by atoms with Gasteiger partial charge in [0.2, 0.25) is 0 Å². The van der Waals surface area contributed by atoms with E-state index in [2.05, 4.69) is 59.5 Å². The number of ether oxygens (including phenoxy) is 1. The Kier molecular flexibility index (Phi) is 6.80. The molecule has 0 saturated carbocycles. The number of aliphatic hydroxyl groups excluding tert-OH is 1. The van der Waals surface area contributed by atoms with Gasteiger partial charge in [0.1, 0.15) is 0 Å². The highest BCUT2D eigenvalue weighted by Crippen LogP contribution is 2.24. The minimum absolute atomic E-state index is 0.322. The molecular weight excluding hydrogens is 338 g/mol. The molecule has 0 spiro atoms. The summed E-state index contributed by atoms with van der Waals surface area (Å²) in [5.41, 5.74) is 3.62. The number of carbonyl (C=O) groups excluding carboxylic acids is 1. The minimum Gasteiger partial charge on any atom is -0.469 e. The Morgan fingerprint density at radius 1 is 1.11 bits per heavy atom. The van der Waals surface area contributed by atoms with E-state index in [9.17, 15) is 9.90 Å². The van der Waals surface area contributed by atoms with Crippen molar-refractivity contribution < 1.29 is 14.6 Å². The Balaban J connectivity index is 1.69. The first-order valence-electron chi connectivity index (χ1n) is 9.48. The summed E-state index contributed by atoms with van der Waals surface area (Å²) in [5.74, 6) is -0.771. The van der Waals surface area contributed by atoms with E-state index in [1.807, 2.05) is 12.1 Å². The molecule has 0 aliphatic carbocycles. The predicted molar refractivity (Wildman–Crippen MR) is 107 cm³/mol. The highest BCUT2D eigenvalue weighted by molar-refractivity contribution is 5.79. The van der Waals surface area contributed by atoms with Crippen molar-refractivity contribution in [1.82, 2.24) is 4.90 Å². The van der Waals surface area contributed by atoms with Crippen LogP contribution in [0.4, 0.5) is 0 Å². The maximum atomic E-state index is 11.9. The number of piperidine rings is 1. The number of benzene rings is 2. The third-order valence-electron chi connectivity index (χ3n) is 5.13. The summed E-state index contributed by atoms with van der Waals surface area (Å²) in [6.45, 7) is 2.20. The predicted octanol–water partition coefficient (Wildman–Crippen LogP) is 3.36. The quantitative estimate of drug-likeness (QED) is 0.798. The van der Waals surface area contributed by atoms with Crippen molar-refractivity contribution in [3.8, 4) is 0 Å². The molecule has 142 valence electrons. The fourth-order valence-electron chi connectivity index (χ4n) is 3.62. The largest absolute Gasteiger partial charge is 0.469 e. The lowest BCUT2D eigenvalue weighted by atomic mass is 9.94. The molecule has 0 unspecified atom stereocenters. The lowest BCUT2D eigenvalue weighted by Crippen LogP contribution is -2.47. The van der Waals surface area contributed by atoms with Crippen LogP contribution in [-0.4, -0.2) is 48.8 Å². The Hall–Kier alpha value is -2.43. The second kappa shape index (κ2) is 9.49. The Labute approximate surface area is 161 Å². The van der Waals surface area contributed by atoms with E-state index in [4.69, 9.17) is 4.74 Å². The molecular formula is C23H27NO3. The molecule has 1 aliphatic rings. The number of rotatable bonds is 6. The van der Waals surface area contributed by atoms with Gasteiger partial charge in [-0.3, -0.25) is 4.79 Å². The van der Waals surface area contributed by atoms with E-state index in [0.717, 1.165) is 19.5 Å². The van der Waals surface area contributed by atoms with Crippen LogP contribution in [0.1, 0.15) is 24.0 Å². The fraction of sp³-hybridized carbons (Fsp3) is 0.348. The zero-order chi connectivity index (χ0) is 19.1. The molecule has 4 heteroatoms. The highest BCUT2D eigenvalue weighted by Gasteiger charge is 2.33. The lowest BCUT2D eigenvalue weighted by Gasteiger charge is -2.34. The van der Waals surface area contributed by atoms with E-state index < -0.39 is 12.0 Å². The van der Waals surface area contributed by atoms with Crippen LogP contribution in [0.3, 0.4) is 0 Å². The Morgan fingerprint density at radius 2 is 1.70 bits per heavy atom. The molecule has 2 atom stereocenters. The van der Waals surface area contributed by atoms with Gasteiger partial charge >= 0.3 is 5.97 Å². The molecule has 4 nitrogen and oxygen atoms in total. The summed E-state index contributed by atoms with van der Waals surface area (Å²) in [4.78, 5) is 14.1. The molecule has 1 N–H and O–H groups in total. The van der Waals surface area contributed by atoms with E-state index in [0.29, 0.717) is 13.0 Å². The Bertz CT molecular complexity index is 716. The van der Waals surface area contributed by atoms with Crippen LogP contribution in [-0.2, 0) is 9.53 Å². The van der Waals surface area contributed by atoms with Crippen molar-refractivity contribution >= 4 is 11.5 Å². The molecule has 27 heavy (non-hydrogen) atoms. The molecule has 2 aromatic rings. The van der Waals surface area contributed by atoms with E-state index >= 15 is 0 Å². The van der Waals surface area contributed by atoms with Gasteiger partial charge in [0.25, 0.3) is 0 Å². The summed E-state index contributed by atoms with van der Waals surface area (Å²) < 4.78 is 4.83. The molecule has 1 heterocycles. The molecule has 0 amide bonds. The van der Waals surface area contributed by atoms with Crippen molar-refractivity contribution in [1.29, 1.82) is 0 Å². The van der Waals surface area contributed by atoms with Crippen LogP contribution in [0.15, 0.2) is 66.7 Å². The molecule has 0 radical (unpaired) electrons. The number of hydrogen-bond acceptors (Lipinski definition) is 4. The van der Waals surface area contributed by atoms with Gasteiger partial charge in [-0.05, 0) is 29.5 Å². The maximum Gasteiger partial charge on any atom is 0.312 e. The monoisotopic (exact) mass is 365 g/mol. The summed E-state index contributed by atoms with van der Waals surface area (Å²) in [5, 5.41) is 10.1. The van der Waals surface area contributed by atoms with Crippen molar-refractivity contribution in [2.75, 3.05) is 26.7 Å². The molecule has 3 rings (SSSR count). The molecule has 0 bridgehead atoms. The number of hydrogen-bond donors (Lipinski definition) is 1. The summed E-state index contributed by atoms with van der Waals surface area (Å²) in [6, 6.07) is 20.8. The van der Waals surface area contributed by atoms with Crippen LogP contribution < -0.4 is 0 Å². The number of likely N-dealkylation sites (tertiary alicyclic amines) is 1. The van der Waals surface area contributed by atoms with Gasteiger partial charge in [0.15, 0.2) is 0 Å². The molecule has 2 aromatic carbocycles. The standard InChI is InChI=1S/C23H27NO3/c1-27-23(26)21-17-24(16-14-22(21)25)15-8-13-20(18-9-4-2-5-10-18)19-11-6-3-7-12-19/h2-7,9-13,21-22,25H,8,14-17H2,1H3/t21-,22+/m1/s1. The number of esters is 1. The topological polar surface area (TPSA) is 49.8 Å². The first kappa shape index (κ1) is 19.3. The normalized spacial score (nSPS) is 20.1. The molecule has 0 aromatic heterocycles. The van der Waals surface area contributed by atoms with Crippen LogP contribution in [0, 0.1) is 5.92 Å². The lowest BCUT2D eigenvalue weighted by molar-refractivity contribution is -0.152. The average Bonchev–Trinajstić information content (AvgIpc) is 2.73. The van der Waals surface area contributed by atoms with E-state index in [-0.39, 0.29) is 5.97 Å². The van der Waals surface area contributed by atoms with Crippen LogP contribution in [0.5, 0.6) is 0 Å². The number of nitrogens with zero attached hydrogens (tertiary/aromatic N) is 1. The van der Waals surface area contributed by atoms with Gasteiger partial charge < -0.3 is 14.7 Å². The zero-order valence-corrected chi connectivity index (χ0v) is 15.8. The number of methoxy groups -OCH3 is 1. The molecule has 1 saturated heterocycles. The van der Waals surface area contributed by atoms with Gasteiger partial charge in [0.05, 0.1) is 19.1 Å². The maximum absolute atomic E-state index is 11.9. The van der Waals surface area contributed by atoms with Gasteiger partial charge in [0, 0.05) is 19.6 Å². The smallest absolute Gasteiger partial charge is 0.312 e. The number of aliphatic hydroxyl groups is 1. The first-order valence-corrected chi connectivity index (χ1v) is 9.48. The van der Waals surface area contributed by atoms with Crippen molar-refractivity contribution in [3.63, 3.8) is 0 Å². The average molecular weight is 365 g/mol. The third kappa shape index (κ3) is 5.06. The van der Waals surface area contributed by atoms with Crippen LogP contribution >= 0.6 is 0 Å². The van der Waals surface area contributed by atoms with Gasteiger partial charge in [-0.2, -0.15) is 0 Å². The zero-order valence-electron chi connectivity index (χ0n) is 15.8. The third-order valence-corrected chi connectivity index (χ3v) is 5.13. The van der Waals surface area contributed by atoms with Crippen LogP contribution in [0.2, 0.25) is 0 Å².